The summed E-state index contributed by atoms with van der Waals surface area (Å²) in [4.78, 5) is 12.0. The first-order chi connectivity index (χ1) is 8.32. The van der Waals surface area contributed by atoms with Gasteiger partial charge in [-0.25, -0.2) is 0 Å². The zero-order valence-corrected chi connectivity index (χ0v) is 12.5. The summed E-state index contributed by atoms with van der Waals surface area (Å²) in [6.45, 7) is 3.90. The van der Waals surface area contributed by atoms with Crippen LogP contribution in [0.15, 0.2) is 22.7 Å². The van der Waals surface area contributed by atoms with Crippen LogP contribution in [0.4, 0.5) is 0 Å². The second-order valence-corrected chi connectivity index (χ2v) is 6.49. The number of amides is 1. The van der Waals surface area contributed by atoms with E-state index in [0.717, 1.165) is 0 Å². The van der Waals surface area contributed by atoms with E-state index in [0.29, 0.717) is 21.5 Å². The molecule has 0 aliphatic heterocycles. The van der Waals surface area contributed by atoms with Gasteiger partial charge in [-0.1, -0.05) is 25.4 Å². The van der Waals surface area contributed by atoms with Crippen molar-refractivity contribution in [3.05, 3.63) is 33.3 Å². The molecule has 0 spiro atoms. The molecule has 2 rings (SSSR count). The Morgan fingerprint density at radius 2 is 2.22 bits per heavy atom. The Morgan fingerprint density at radius 1 is 1.56 bits per heavy atom. The number of carbonyl (C=O) groups excluding carboxylic acids is 1. The van der Waals surface area contributed by atoms with E-state index in [4.69, 9.17) is 11.6 Å². The predicted molar refractivity (Wildman–Crippen MR) is 74.8 cm³/mol. The Morgan fingerprint density at radius 3 is 2.72 bits per heavy atom. The van der Waals surface area contributed by atoms with Crippen LogP contribution in [0.25, 0.3) is 0 Å². The summed E-state index contributed by atoms with van der Waals surface area (Å²) >= 11 is 9.17. The highest BCUT2D eigenvalue weighted by Gasteiger charge is 2.47. The molecule has 1 saturated carbocycles. The van der Waals surface area contributed by atoms with Crippen LogP contribution in [0.1, 0.15) is 30.6 Å². The maximum atomic E-state index is 12.0. The molecule has 1 aromatic rings. The second kappa shape index (κ2) is 4.83. The van der Waals surface area contributed by atoms with Crippen LogP contribution < -0.4 is 5.32 Å². The molecule has 2 N–H and O–H groups in total. The molecule has 98 valence electrons. The van der Waals surface area contributed by atoms with E-state index in [9.17, 15) is 9.90 Å². The van der Waals surface area contributed by atoms with Crippen LogP contribution in [-0.4, -0.2) is 23.2 Å². The van der Waals surface area contributed by atoms with Gasteiger partial charge in [-0.15, -0.1) is 0 Å². The van der Waals surface area contributed by atoms with Crippen molar-refractivity contribution in [2.75, 3.05) is 0 Å². The zero-order chi connectivity index (χ0) is 13.5. The topological polar surface area (TPSA) is 49.3 Å². The smallest absolute Gasteiger partial charge is 0.251 e. The maximum absolute atomic E-state index is 12.0. The van der Waals surface area contributed by atoms with Gasteiger partial charge in [-0.05, 0) is 40.5 Å². The number of hydrogen-bond donors (Lipinski definition) is 2. The highest BCUT2D eigenvalue weighted by molar-refractivity contribution is 9.10. The van der Waals surface area contributed by atoms with Gasteiger partial charge in [-0.2, -0.15) is 0 Å². The Kier molecular flexibility index (Phi) is 3.72. The fourth-order valence-electron chi connectivity index (χ4n) is 2.03. The van der Waals surface area contributed by atoms with Crippen LogP contribution in [-0.2, 0) is 0 Å². The van der Waals surface area contributed by atoms with Crippen molar-refractivity contribution in [3.8, 4) is 0 Å². The number of benzene rings is 1. The van der Waals surface area contributed by atoms with Gasteiger partial charge in [0.1, 0.15) is 0 Å². The lowest BCUT2D eigenvalue weighted by atomic mass is 9.64. The number of nitrogens with one attached hydrogen (secondary N) is 1. The summed E-state index contributed by atoms with van der Waals surface area (Å²) < 4.78 is 0.699. The van der Waals surface area contributed by atoms with Crippen molar-refractivity contribution in [2.24, 2.45) is 5.41 Å². The van der Waals surface area contributed by atoms with E-state index >= 15 is 0 Å². The minimum Gasteiger partial charge on any atom is -0.392 e. The minimum absolute atomic E-state index is 0.00875. The fraction of sp³-hybridized carbons (Fsp3) is 0.462. The lowest BCUT2D eigenvalue weighted by Gasteiger charge is -2.49. The van der Waals surface area contributed by atoms with Gasteiger partial charge in [0, 0.05) is 21.5 Å². The summed E-state index contributed by atoms with van der Waals surface area (Å²) in [5.41, 5.74) is 0.294. The van der Waals surface area contributed by atoms with Gasteiger partial charge in [0.15, 0.2) is 0 Å². The summed E-state index contributed by atoms with van der Waals surface area (Å²) in [5, 5.41) is 13.1. The predicted octanol–water partition coefficient (Wildman–Crippen LogP) is 2.99. The number of aliphatic hydroxyl groups is 1. The van der Waals surface area contributed by atoms with E-state index in [1.165, 1.54) is 0 Å². The van der Waals surface area contributed by atoms with Crippen molar-refractivity contribution in [2.45, 2.75) is 32.4 Å². The second-order valence-electron chi connectivity index (χ2n) is 5.23. The maximum Gasteiger partial charge on any atom is 0.251 e. The molecular formula is C13H15BrClNO2. The van der Waals surface area contributed by atoms with Gasteiger partial charge < -0.3 is 10.4 Å². The fourth-order valence-corrected chi connectivity index (χ4v) is 2.52. The Hall–Kier alpha value is -0.580. The van der Waals surface area contributed by atoms with Crippen molar-refractivity contribution < 1.29 is 9.90 Å². The molecule has 1 aromatic carbocycles. The lowest BCUT2D eigenvalue weighted by molar-refractivity contribution is -0.0689. The van der Waals surface area contributed by atoms with Gasteiger partial charge >= 0.3 is 0 Å². The number of hydrogen-bond acceptors (Lipinski definition) is 2. The summed E-state index contributed by atoms with van der Waals surface area (Å²) in [6, 6.07) is 5.07. The summed E-state index contributed by atoms with van der Waals surface area (Å²) in [7, 11) is 0. The molecule has 1 aliphatic rings. The highest BCUT2D eigenvalue weighted by Crippen LogP contribution is 2.40. The monoisotopic (exact) mass is 331 g/mol. The van der Waals surface area contributed by atoms with E-state index in [2.05, 4.69) is 21.2 Å². The van der Waals surface area contributed by atoms with E-state index in [1.807, 2.05) is 13.8 Å². The summed E-state index contributed by atoms with van der Waals surface area (Å²) in [5.74, 6) is -0.141. The number of halogens is 2. The molecular weight excluding hydrogens is 318 g/mol. The molecule has 0 bridgehead atoms. The first kappa shape index (κ1) is 13.8. The average Bonchev–Trinajstić information content (AvgIpc) is 2.32. The molecule has 3 nitrogen and oxygen atoms in total. The lowest BCUT2D eigenvalue weighted by Crippen LogP contribution is -2.61. The third kappa shape index (κ3) is 2.42. The molecule has 0 heterocycles. The number of carbonyl (C=O) groups is 1. The van der Waals surface area contributed by atoms with Crippen LogP contribution in [0.5, 0.6) is 0 Å². The highest BCUT2D eigenvalue weighted by atomic mass is 79.9. The largest absolute Gasteiger partial charge is 0.392 e. The molecule has 0 aromatic heterocycles. The van der Waals surface area contributed by atoms with Crippen molar-refractivity contribution in [1.29, 1.82) is 0 Å². The number of rotatable bonds is 2. The normalized spacial score (nSPS) is 25.4. The molecule has 1 aliphatic carbocycles. The molecule has 2 unspecified atom stereocenters. The molecule has 1 amide bonds. The first-order valence-electron chi connectivity index (χ1n) is 5.76. The molecule has 1 fully saturated rings. The number of aliphatic hydroxyl groups excluding tert-OH is 1. The standard InChI is InChI=1S/C13H15BrClNO2/c1-13(2)10(6-11(13)17)16-12(18)7-3-4-9(15)8(14)5-7/h3-5,10-11,17H,6H2,1-2H3,(H,16,18). The van der Waals surface area contributed by atoms with Gasteiger partial charge in [0.2, 0.25) is 0 Å². The van der Waals surface area contributed by atoms with Crippen molar-refractivity contribution >= 4 is 33.4 Å². The van der Waals surface area contributed by atoms with Crippen molar-refractivity contribution in [3.63, 3.8) is 0 Å². The van der Waals surface area contributed by atoms with Crippen molar-refractivity contribution in [1.82, 2.24) is 5.32 Å². The third-order valence-corrected chi connectivity index (χ3v) is 4.92. The third-order valence-electron chi connectivity index (χ3n) is 3.70. The van der Waals surface area contributed by atoms with E-state index in [-0.39, 0.29) is 23.5 Å². The Balaban J connectivity index is 2.07. The molecule has 18 heavy (non-hydrogen) atoms. The van der Waals surface area contributed by atoms with E-state index < -0.39 is 0 Å². The Labute approximate surface area is 120 Å². The molecule has 2 atom stereocenters. The SMILES string of the molecule is CC1(C)C(O)CC1NC(=O)c1ccc(Cl)c(Br)c1. The van der Waals surface area contributed by atoms with Crippen LogP contribution in [0.3, 0.4) is 0 Å². The molecule has 5 heteroatoms. The minimum atomic E-state index is -0.347. The average molecular weight is 333 g/mol. The van der Waals surface area contributed by atoms with Crippen LogP contribution >= 0.6 is 27.5 Å². The quantitative estimate of drug-likeness (QED) is 0.874. The van der Waals surface area contributed by atoms with Gasteiger partial charge in [0.25, 0.3) is 5.91 Å². The first-order valence-corrected chi connectivity index (χ1v) is 6.93. The summed E-state index contributed by atoms with van der Waals surface area (Å²) in [6.07, 6.45) is 0.257. The van der Waals surface area contributed by atoms with Crippen LogP contribution in [0.2, 0.25) is 5.02 Å². The Bertz CT molecular complexity index is 490. The molecule has 0 radical (unpaired) electrons. The molecule has 0 saturated heterocycles. The van der Waals surface area contributed by atoms with E-state index in [1.54, 1.807) is 18.2 Å². The van der Waals surface area contributed by atoms with Gasteiger partial charge in [-0.3, -0.25) is 4.79 Å². The zero-order valence-electron chi connectivity index (χ0n) is 10.2. The van der Waals surface area contributed by atoms with Gasteiger partial charge in [0.05, 0.1) is 11.1 Å². The van der Waals surface area contributed by atoms with Crippen LogP contribution in [0, 0.1) is 5.41 Å².